The third-order valence-corrected chi connectivity index (χ3v) is 6.93. The van der Waals surface area contributed by atoms with E-state index in [0.29, 0.717) is 42.5 Å². The van der Waals surface area contributed by atoms with E-state index in [-0.39, 0.29) is 16.7 Å². The molecule has 0 spiro atoms. The molecule has 1 fully saturated rings. The Morgan fingerprint density at radius 2 is 1.97 bits per heavy atom. The summed E-state index contributed by atoms with van der Waals surface area (Å²) in [6.45, 7) is 3.80. The molecule has 164 valence electrons. The third-order valence-electron chi connectivity index (χ3n) is 5.60. The van der Waals surface area contributed by atoms with Crippen molar-refractivity contribution in [1.82, 2.24) is 4.90 Å². The number of benzene rings is 2. The van der Waals surface area contributed by atoms with Crippen LogP contribution in [0.1, 0.15) is 38.2 Å². The Morgan fingerprint density at radius 3 is 2.81 bits per heavy atom. The van der Waals surface area contributed by atoms with Crippen molar-refractivity contribution in [1.29, 1.82) is 0 Å². The van der Waals surface area contributed by atoms with Crippen molar-refractivity contribution in [2.24, 2.45) is 10.3 Å². The molecule has 2 aromatic carbocycles. The molecule has 1 amide bonds. The van der Waals surface area contributed by atoms with Crippen LogP contribution >= 0.6 is 0 Å². The molecule has 8 heteroatoms. The minimum atomic E-state index is -3.68. The van der Waals surface area contributed by atoms with E-state index in [1.807, 2.05) is 29.2 Å². The molecule has 0 radical (unpaired) electrons. The van der Waals surface area contributed by atoms with Crippen molar-refractivity contribution in [3.8, 4) is 5.75 Å². The molecule has 1 N–H and O–H groups in total. The lowest BCUT2D eigenvalue weighted by Gasteiger charge is -2.33. The van der Waals surface area contributed by atoms with Crippen LogP contribution in [0.15, 0.2) is 57.8 Å². The van der Waals surface area contributed by atoms with Crippen molar-refractivity contribution >= 4 is 27.5 Å². The Bertz CT molecular complexity index is 1100. The standard InChI is InChI=1S/C23H27N3O4S/c1-2-3-15-30-20-12-6-5-11-19(20)24-23(27)17-9-8-14-26(16-17)22-18-10-4-7-13-21(18)31(28,29)25-22/h4-7,10-13,17H,2-3,8-9,14-16H2,1H3,(H,24,27). The number of amides is 1. The van der Waals surface area contributed by atoms with Gasteiger partial charge >= 0.3 is 0 Å². The van der Waals surface area contributed by atoms with Crippen LogP contribution in [0.4, 0.5) is 5.69 Å². The summed E-state index contributed by atoms with van der Waals surface area (Å²) in [5.41, 5.74) is 1.27. The van der Waals surface area contributed by atoms with Crippen LogP contribution in [0.5, 0.6) is 5.75 Å². The summed E-state index contributed by atoms with van der Waals surface area (Å²) in [7, 11) is -3.68. The summed E-state index contributed by atoms with van der Waals surface area (Å²) in [5, 5.41) is 3.00. The number of sulfonamides is 1. The molecule has 4 rings (SSSR count). The van der Waals surface area contributed by atoms with E-state index in [2.05, 4.69) is 16.6 Å². The largest absolute Gasteiger partial charge is 0.491 e. The van der Waals surface area contributed by atoms with Crippen molar-refractivity contribution in [2.45, 2.75) is 37.5 Å². The number of para-hydroxylation sites is 2. The van der Waals surface area contributed by atoms with E-state index in [0.717, 1.165) is 25.7 Å². The summed E-state index contributed by atoms with van der Waals surface area (Å²) in [5.74, 6) is 0.746. The summed E-state index contributed by atoms with van der Waals surface area (Å²) in [6.07, 6.45) is 3.51. The van der Waals surface area contributed by atoms with Gasteiger partial charge in [0.1, 0.15) is 10.6 Å². The van der Waals surface area contributed by atoms with E-state index in [4.69, 9.17) is 4.74 Å². The van der Waals surface area contributed by atoms with Crippen molar-refractivity contribution in [2.75, 3.05) is 25.0 Å². The average molecular weight is 442 g/mol. The second kappa shape index (κ2) is 9.09. The number of ether oxygens (including phenoxy) is 1. The van der Waals surface area contributed by atoms with Crippen molar-refractivity contribution in [3.63, 3.8) is 0 Å². The van der Waals surface area contributed by atoms with E-state index < -0.39 is 10.0 Å². The number of hydrogen-bond acceptors (Lipinski definition) is 5. The van der Waals surface area contributed by atoms with E-state index in [1.54, 1.807) is 24.3 Å². The van der Waals surface area contributed by atoms with Crippen LogP contribution in [0.3, 0.4) is 0 Å². The number of unbranched alkanes of at least 4 members (excludes halogenated alkanes) is 1. The summed E-state index contributed by atoms with van der Waals surface area (Å²) < 4.78 is 34.6. The highest BCUT2D eigenvalue weighted by Gasteiger charge is 2.35. The molecular weight excluding hydrogens is 414 g/mol. The first kappa shape index (κ1) is 21.4. The van der Waals surface area contributed by atoms with Gasteiger partial charge in [0.25, 0.3) is 10.0 Å². The van der Waals surface area contributed by atoms with Crippen molar-refractivity contribution < 1.29 is 17.9 Å². The highest BCUT2D eigenvalue weighted by Crippen LogP contribution is 2.31. The minimum absolute atomic E-state index is 0.0917. The monoisotopic (exact) mass is 441 g/mol. The molecule has 2 heterocycles. The van der Waals surface area contributed by atoms with E-state index >= 15 is 0 Å². The predicted octanol–water partition coefficient (Wildman–Crippen LogP) is 3.67. The van der Waals surface area contributed by atoms with Gasteiger partial charge in [0.2, 0.25) is 5.91 Å². The molecule has 0 aromatic heterocycles. The van der Waals surface area contributed by atoms with Crippen LogP contribution in [0.2, 0.25) is 0 Å². The number of amidine groups is 1. The highest BCUT2D eigenvalue weighted by atomic mass is 32.2. The fraction of sp³-hybridized carbons (Fsp3) is 0.391. The summed E-state index contributed by atoms with van der Waals surface area (Å²) in [6, 6.07) is 14.3. The zero-order chi connectivity index (χ0) is 21.8. The van der Waals surface area contributed by atoms with Gasteiger partial charge in [-0.15, -0.1) is 4.40 Å². The van der Waals surface area contributed by atoms with Gasteiger partial charge in [-0.25, -0.2) is 0 Å². The third kappa shape index (κ3) is 4.58. The molecule has 2 aliphatic rings. The Kier molecular flexibility index (Phi) is 6.27. The Morgan fingerprint density at radius 1 is 1.19 bits per heavy atom. The second-order valence-electron chi connectivity index (χ2n) is 7.86. The number of nitrogens with one attached hydrogen (secondary N) is 1. The van der Waals surface area contributed by atoms with E-state index in [1.165, 1.54) is 0 Å². The minimum Gasteiger partial charge on any atom is -0.491 e. The average Bonchev–Trinajstić information content (AvgIpc) is 3.06. The van der Waals surface area contributed by atoms with Crippen LogP contribution in [0, 0.1) is 5.92 Å². The maximum atomic E-state index is 13.0. The van der Waals surface area contributed by atoms with Gasteiger partial charge in [-0.2, -0.15) is 8.42 Å². The lowest BCUT2D eigenvalue weighted by molar-refractivity contribution is -0.121. The SMILES string of the molecule is CCCCOc1ccccc1NC(=O)C1CCCN(C2=NS(=O)(=O)c3ccccc32)C1. The predicted molar refractivity (Wildman–Crippen MR) is 120 cm³/mol. The van der Waals surface area contributed by atoms with Gasteiger partial charge in [0.05, 0.1) is 18.2 Å². The lowest BCUT2D eigenvalue weighted by Crippen LogP contribution is -2.43. The zero-order valence-electron chi connectivity index (χ0n) is 17.6. The number of fused-ring (bicyclic) bond motifs is 1. The van der Waals surface area contributed by atoms with Crippen LogP contribution in [0.25, 0.3) is 0 Å². The van der Waals surface area contributed by atoms with Gasteiger partial charge in [0, 0.05) is 18.7 Å². The Hall–Kier alpha value is -2.87. The van der Waals surface area contributed by atoms with Gasteiger partial charge in [-0.05, 0) is 43.5 Å². The summed E-state index contributed by atoms with van der Waals surface area (Å²) >= 11 is 0. The molecule has 7 nitrogen and oxygen atoms in total. The van der Waals surface area contributed by atoms with Crippen LogP contribution in [-0.4, -0.2) is 44.8 Å². The Balaban J connectivity index is 1.47. The molecule has 0 bridgehead atoms. The van der Waals surface area contributed by atoms with Gasteiger partial charge in [-0.1, -0.05) is 37.6 Å². The molecule has 2 aromatic rings. The topological polar surface area (TPSA) is 88.1 Å². The number of carbonyl (C=O) groups is 1. The van der Waals surface area contributed by atoms with Gasteiger partial charge in [0.15, 0.2) is 5.84 Å². The highest BCUT2D eigenvalue weighted by molar-refractivity contribution is 7.90. The zero-order valence-corrected chi connectivity index (χ0v) is 18.4. The van der Waals surface area contributed by atoms with Gasteiger partial charge in [-0.3, -0.25) is 4.79 Å². The van der Waals surface area contributed by atoms with Crippen LogP contribution < -0.4 is 10.1 Å². The maximum absolute atomic E-state index is 13.0. The maximum Gasteiger partial charge on any atom is 0.285 e. The normalized spacial score (nSPS) is 19.5. The first-order chi connectivity index (χ1) is 15.0. The smallest absolute Gasteiger partial charge is 0.285 e. The lowest BCUT2D eigenvalue weighted by atomic mass is 9.96. The molecule has 31 heavy (non-hydrogen) atoms. The molecule has 1 atom stereocenters. The Labute approximate surface area is 183 Å². The van der Waals surface area contributed by atoms with E-state index in [9.17, 15) is 13.2 Å². The molecule has 0 saturated carbocycles. The fourth-order valence-corrected chi connectivity index (χ4v) is 5.18. The molecule has 1 saturated heterocycles. The molecule has 0 aliphatic carbocycles. The van der Waals surface area contributed by atoms with Crippen molar-refractivity contribution in [3.05, 3.63) is 54.1 Å². The number of hydrogen-bond donors (Lipinski definition) is 1. The number of rotatable bonds is 6. The number of likely N-dealkylation sites (tertiary alicyclic amines) is 1. The van der Waals surface area contributed by atoms with Gasteiger partial charge < -0.3 is 15.0 Å². The number of anilines is 1. The molecule has 1 unspecified atom stereocenters. The quantitative estimate of drug-likeness (QED) is 0.691. The fourth-order valence-electron chi connectivity index (χ4n) is 3.96. The second-order valence-corrected chi connectivity index (χ2v) is 9.43. The number of nitrogens with zero attached hydrogens (tertiary/aromatic N) is 2. The number of piperidine rings is 1. The van der Waals surface area contributed by atoms with Crippen LogP contribution in [-0.2, 0) is 14.8 Å². The summed E-state index contributed by atoms with van der Waals surface area (Å²) in [4.78, 5) is 15.2. The molecular formula is C23H27N3O4S. The first-order valence-electron chi connectivity index (χ1n) is 10.7. The first-order valence-corrected chi connectivity index (χ1v) is 12.2. The molecule has 2 aliphatic heterocycles. The number of carbonyl (C=O) groups excluding carboxylic acids is 1.